The van der Waals surface area contributed by atoms with Gasteiger partial charge in [-0.05, 0) is 54.5 Å². The zero-order chi connectivity index (χ0) is 37.0. The van der Waals surface area contributed by atoms with Crippen molar-refractivity contribution >= 4 is 77.8 Å². The summed E-state index contributed by atoms with van der Waals surface area (Å²) in [5.74, 6) is -2.94. The number of primary amides is 1. The number of likely N-dealkylation sites (N-methyl/N-ethyl adjacent to an activating group) is 1. The van der Waals surface area contributed by atoms with E-state index < -0.39 is 65.2 Å². The van der Waals surface area contributed by atoms with Gasteiger partial charge in [0.2, 0.25) is 29.5 Å². The molecule has 0 spiro atoms. The van der Waals surface area contributed by atoms with Crippen LogP contribution in [0.15, 0.2) is 53.5 Å². The molecule has 0 saturated carbocycles. The van der Waals surface area contributed by atoms with Gasteiger partial charge in [-0.3, -0.25) is 34.1 Å². The molecule has 1 fully saturated rings. The van der Waals surface area contributed by atoms with E-state index in [2.05, 4.69) is 15.6 Å². The lowest BCUT2D eigenvalue weighted by Crippen LogP contribution is -2.56. The molecule has 4 atom stereocenters. The summed E-state index contributed by atoms with van der Waals surface area (Å²) in [7, 11) is 1.43. The van der Waals surface area contributed by atoms with Crippen LogP contribution < -0.4 is 27.8 Å². The number of aliphatic imine (C=N–C) groups is 1. The van der Waals surface area contributed by atoms with E-state index in [9.17, 15) is 39.2 Å². The summed E-state index contributed by atoms with van der Waals surface area (Å²) in [6.07, 6.45) is 3.00. The lowest BCUT2D eigenvalue weighted by atomic mass is 10.0. The number of nitrogens with zero attached hydrogens (tertiary/aromatic N) is 4. The number of hydrogen-bond acceptors (Lipinski definition) is 10. The molecule has 0 bridgehead atoms. The number of likely N-dealkylation sites (tertiary alicyclic amines) is 1. The number of aromatic hydroxyl groups is 1. The predicted octanol–water partition coefficient (Wildman–Crippen LogP) is 0.229. The van der Waals surface area contributed by atoms with Crippen molar-refractivity contribution in [3.8, 4) is 5.75 Å². The Hall–Kier alpha value is -4.81. The lowest BCUT2D eigenvalue weighted by molar-refractivity contribution is -0.384. The van der Waals surface area contributed by atoms with Gasteiger partial charge >= 0.3 is 0 Å². The molecule has 5 amide bonds. The number of benzene rings is 2. The molecule has 9 N–H and O–H groups in total. The van der Waals surface area contributed by atoms with Crippen molar-refractivity contribution in [2.75, 3.05) is 32.1 Å². The standard InChI is InChI=1S/C32H43N9O8S.2ClH/c1-39(30(46)23(38-32(34)35)16-20-7-11-22(42)12-8-20)26(13-15-50-2)29(45)36-18-27(43)37-24(17-19-5-9-21(10-6-19)41(48)49)31(47)40-14-3-4-25(40)28(33)44;;/h5-12,23-26,42H,3-4,13-18H2,1-2H3,(H2,33,44)(H,36,45)(H,37,43)(H4,34,35,38);2*1H/t23-,24-,25-,26-;;/m0../s1. The zero-order valence-corrected chi connectivity index (χ0v) is 31.1. The van der Waals surface area contributed by atoms with Crippen molar-refractivity contribution < 1.29 is 34.0 Å². The fraction of sp³-hybridized carbons (Fsp3) is 0.438. The predicted molar refractivity (Wildman–Crippen MR) is 201 cm³/mol. The molecule has 1 aliphatic rings. The van der Waals surface area contributed by atoms with Gasteiger partial charge in [-0.2, -0.15) is 11.8 Å². The van der Waals surface area contributed by atoms with Gasteiger partial charge in [-0.25, -0.2) is 4.99 Å². The molecule has 2 aromatic rings. The first-order valence-corrected chi connectivity index (χ1v) is 17.1. The summed E-state index contributed by atoms with van der Waals surface area (Å²) in [6.45, 7) is -0.300. The molecule has 0 aromatic heterocycles. The third kappa shape index (κ3) is 13.1. The van der Waals surface area contributed by atoms with Gasteiger partial charge in [0.1, 0.15) is 29.9 Å². The number of rotatable bonds is 17. The van der Waals surface area contributed by atoms with Crippen molar-refractivity contribution in [1.82, 2.24) is 20.4 Å². The van der Waals surface area contributed by atoms with Crippen molar-refractivity contribution in [1.29, 1.82) is 0 Å². The molecule has 2 aromatic carbocycles. The number of guanidine groups is 1. The van der Waals surface area contributed by atoms with Crippen molar-refractivity contribution in [2.24, 2.45) is 22.2 Å². The fourth-order valence-corrected chi connectivity index (χ4v) is 6.05. The van der Waals surface area contributed by atoms with Crippen LogP contribution in [0.25, 0.3) is 0 Å². The Bertz CT molecular complexity index is 1580. The molecule has 1 heterocycles. The lowest BCUT2D eigenvalue weighted by Gasteiger charge is -2.30. The minimum Gasteiger partial charge on any atom is -0.508 e. The number of carbonyl (C=O) groups is 5. The molecular weight excluding hydrogens is 741 g/mol. The monoisotopic (exact) mass is 785 g/mol. The van der Waals surface area contributed by atoms with Gasteiger partial charge in [0.25, 0.3) is 5.69 Å². The SMILES string of the molecule is CSCC[C@@H](C(=O)NCC(=O)N[C@@H](Cc1ccc([N+](=O)[O-])cc1)C(=O)N1CCC[C@H]1C(N)=O)N(C)C(=O)[C@H](Cc1ccc(O)cc1)N=C(N)N.Cl.Cl. The Morgan fingerprint density at radius 2 is 1.63 bits per heavy atom. The number of nitrogens with one attached hydrogen (secondary N) is 2. The van der Waals surface area contributed by atoms with Crippen LogP contribution in [0.2, 0.25) is 0 Å². The van der Waals surface area contributed by atoms with E-state index in [-0.39, 0.29) is 68.0 Å². The molecule has 3 rings (SSSR count). The third-order valence-corrected chi connectivity index (χ3v) is 8.82. The number of nitrogens with two attached hydrogens (primary N) is 3. The van der Waals surface area contributed by atoms with E-state index in [1.54, 1.807) is 12.1 Å². The largest absolute Gasteiger partial charge is 0.508 e. The Morgan fingerprint density at radius 3 is 2.19 bits per heavy atom. The van der Waals surface area contributed by atoms with Crippen molar-refractivity contribution in [3.05, 3.63) is 69.8 Å². The molecule has 52 heavy (non-hydrogen) atoms. The number of carbonyl (C=O) groups excluding carboxylic acids is 5. The van der Waals surface area contributed by atoms with E-state index in [1.807, 2.05) is 6.26 Å². The topological polar surface area (TPSA) is 270 Å². The average molecular weight is 787 g/mol. The first-order valence-electron chi connectivity index (χ1n) is 15.7. The Labute approximate surface area is 317 Å². The maximum absolute atomic E-state index is 13.6. The first kappa shape index (κ1) is 45.2. The zero-order valence-electron chi connectivity index (χ0n) is 28.6. The first-order chi connectivity index (χ1) is 23.7. The third-order valence-electron chi connectivity index (χ3n) is 8.18. The Kier molecular flexibility index (Phi) is 18.7. The maximum atomic E-state index is 13.6. The molecular formula is C32H45Cl2N9O8S. The summed E-state index contributed by atoms with van der Waals surface area (Å²) >= 11 is 1.45. The minimum atomic E-state index is -1.18. The number of phenolic OH excluding ortho intramolecular Hbond substituents is 1. The number of nitro benzene ring substituents is 1. The van der Waals surface area contributed by atoms with E-state index >= 15 is 0 Å². The van der Waals surface area contributed by atoms with Crippen molar-refractivity contribution in [3.63, 3.8) is 0 Å². The van der Waals surface area contributed by atoms with E-state index in [1.165, 1.54) is 65.0 Å². The molecule has 17 nitrogen and oxygen atoms in total. The highest BCUT2D eigenvalue weighted by molar-refractivity contribution is 7.98. The molecule has 0 aliphatic carbocycles. The molecule has 286 valence electrons. The second-order valence-corrected chi connectivity index (χ2v) is 12.7. The van der Waals surface area contributed by atoms with Crippen LogP contribution in [0, 0.1) is 10.1 Å². The normalized spacial score (nSPS) is 15.0. The number of thioether (sulfide) groups is 1. The quantitative estimate of drug-likeness (QED) is 0.0547. The van der Waals surface area contributed by atoms with E-state index in [0.29, 0.717) is 29.7 Å². The van der Waals surface area contributed by atoms with E-state index in [4.69, 9.17) is 17.2 Å². The number of non-ortho nitro benzene ring substituents is 1. The van der Waals surface area contributed by atoms with Crippen molar-refractivity contribution in [2.45, 2.75) is 56.3 Å². The number of hydrogen-bond donors (Lipinski definition) is 6. The number of amides is 5. The number of nitro groups is 1. The highest BCUT2D eigenvalue weighted by Crippen LogP contribution is 2.21. The Morgan fingerprint density at radius 1 is 1.04 bits per heavy atom. The van der Waals surface area contributed by atoms with Gasteiger partial charge in [0.05, 0.1) is 11.5 Å². The Balaban J connectivity index is 0.00000676. The number of halogens is 2. The van der Waals surface area contributed by atoms with Crippen LogP contribution in [0.3, 0.4) is 0 Å². The fourth-order valence-electron chi connectivity index (χ4n) is 5.59. The number of phenols is 1. The van der Waals surface area contributed by atoms with Crippen LogP contribution >= 0.6 is 36.6 Å². The maximum Gasteiger partial charge on any atom is 0.269 e. The van der Waals surface area contributed by atoms with Gasteiger partial charge in [0.15, 0.2) is 5.96 Å². The van der Waals surface area contributed by atoms with Crippen LogP contribution in [0.4, 0.5) is 5.69 Å². The average Bonchev–Trinajstić information content (AvgIpc) is 3.58. The van der Waals surface area contributed by atoms with Gasteiger partial charge in [-0.1, -0.05) is 24.3 Å². The summed E-state index contributed by atoms with van der Waals surface area (Å²) in [5.41, 5.74) is 17.7. The van der Waals surface area contributed by atoms with Gasteiger partial charge < -0.3 is 42.7 Å². The summed E-state index contributed by atoms with van der Waals surface area (Å²) in [4.78, 5) is 83.1. The van der Waals surface area contributed by atoms with Crippen LogP contribution in [-0.4, -0.2) is 112 Å². The minimum absolute atomic E-state index is 0. The molecule has 20 heteroatoms. The smallest absolute Gasteiger partial charge is 0.269 e. The highest BCUT2D eigenvalue weighted by atomic mass is 35.5. The second kappa shape index (κ2) is 21.5. The van der Waals surface area contributed by atoms with Gasteiger partial charge in [-0.15, -0.1) is 24.8 Å². The van der Waals surface area contributed by atoms with Crippen LogP contribution in [0.5, 0.6) is 5.75 Å². The summed E-state index contributed by atoms with van der Waals surface area (Å²) in [5, 5.41) is 25.9. The van der Waals surface area contributed by atoms with Gasteiger partial charge in [0, 0.05) is 38.6 Å². The second-order valence-electron chi connectivity index (χ2n) is 11.7. The molecule has 0 unspecified atom stereocenters. The molecule has 1 aliphatic heterocycles. The highest BCUT2D eigenvalue weighted by Gasteiger charge is 2.37. The summed E-state index contributed by atoms with van der Waals surface area (Å²) in [6, 6.07) is 7.50. The molecule has 1 saturated heterocycles. The van der Waals surface area contributed by atoms with Crippen LogP contribution in [-0.2, 0) is 36.8 Å². The van der Waals surface area contributed by atoms with E-state index in [0.717, 1.165) is 0 Å². The molecule has 0 radical (unpaired) electrons. The summed E-state index contributed by atoms with van der Waals surface area (Å²) < 4.78 is 0. The van der Waals surface area contributed by atoms with Crippen LogP contribution in [0.1, 0.15) is 30.4 Å².